The number of nitrogens with zero attached hydrogens (tertiary/aromatic N) is 1. The minimum Gasteiger partial charge on any atom is -0.456 e. The summed E-state index contributed by atoms with van der Waals surface area (Å²) >= 11 is 3.64. The first kappa shape index (κ1) is 22.9. The maximum atomic E-state index is 15.8. The van der Waals surface area contributed by atoms with Crippen molar-refractivity contribution >= 4 is 81.5 Å². The molecule has 0 aliphatic carbocycles. The van der Waals surface area contributed by atoms with Gasteiger partial charge in [-0.3, -0.25) is 0 Å². The normalized spacial score (nSPS) is 12.1. The Bertz CT molecular complexity index is 2520. The van der Waals surface area contributed by atoms with E-state index in [0.29, 0.717) is 5.52 Å². The van der Waals surface area contributed by atoms with Crippen molar-refractivity contribution in [2.45, 2.75) is 0 Å². The van der Waals surface area contributed by atoms with Crippen LogP contribution >= 0.6 is 15.9 Å². The van der Waals surface area contributed by atoms with E-state index in [1.165, 1.54) is 0 Å². The van der Waals surface area contributed by atoms with Gasteiger partial charge in [0.1, 0.15) is 17.0 Å². The summed E-state index contributed by atoms with van der Waals surface area (Å²) in [4.78, 5) is 3.67. The van der Waals surface area contributed by atoms with Crippen molar-refractivity contribution in [1.29, 1.82) is 0 Å². The third kappa shape index (κ3) is 3.18. The zero-order valence-electron chi connectivity index (χ0n) is 21.6. The van der Waals surface area contributed by atoms with Crippen LogP contribution < -0.4 is 0 Å². The lowest BCUT2D eigenvalue weighted by Gasteiger charge is -2.15. The molecule has 6 aromatic carbocycles. The molecule has 41 heavy (non-hydrogen) atoms. The Morgan fingerprint density at radius 2 is 1.39 bits per heavy atom. The fourth-order valence-corrected chi connectivity index (χ4v) is 6.87. The molecule has 0 aliphatic heterocycles. The first-order valence-electron chi connectivity index (χ1n) is 13.5. The molecule has 5 heteroatoms. The van der Waals surface area contributed by atoms with Gasteiger partial charge in [-0.15, -0.1) is 0 Å². The maximum Gasteiger partial charge on any atom is 0.147 e. The van der Waals surface area contributed by atoms with Crippen molar-refractivity contribution in [3.05, 3.63) is 126 Å². The Morgan fingerprint density at radius 3 is 2.32 bits per heavy atom. The lowest BCUT2D eigenvalue weighted by Crippen LogP contribution is -1.99. The van der Waals surface area contributed by atoms with E-state index in [1.807, 2.05) is 42.5 Å². The topological polar surface area (TPSA) is 33.9 Å². The van der Waals surface area contributed by atoms with Gasteiger partial charge in [-0.2, -0.15) is 0 Å². The molecule has 3 heterocycles. The highest BCUT2D eigenvalue weighted by Gasteiger charge is 2.22. The molecule has 9 rings (SSSR count). The minimum absolute atomic E-state index is 0.254. The van der Waals surface area contributed by atoms with E-state index in [4.69, 9.17) is 4.42 Å². The quantitative estimate of drug-likeness (QED) is 0.212. The highest BCUT2D eigenvalue weighted by molar-refractivity contribution is 9.10. The molecule has 0 aliphatic rings. The molecule has 3 nitrogen and oxygen atoms in total. The molecule has 0 spiro atoms. The molecular formula is C36H20BrFN2O. The van der Waals surface area contributed by atoms with Crippen molar-refractivity contribution in [3.8, 4) is 16.8 Å². The maximum absolute atomic E-state index is 15.8. The van der Waals surface area contributed by atoms with E-state index in [0.717, 1.165) is 81.3 Å². The Balaban J connectivity index is 1.49. The van der Waals surface area contributed by atoms with E-state index in [9.17, 15) is 0 Å². The molecule has 194 valence electrons. The van der Waals surface area contributed by atoms with E-state index < -0.39 is 0 Å². The second kappa shape index (κ2) is 8.32. The van der Waals surface area contributed by atoms with Crippen molar-refractivity contribution in [1.82, 2.24) is 9.55 Å². The highest BCUT2D eigenvalue weighted by atomic mass is 79.9. The Labute approximate surface area is 241 Å². The number of rotatable bonds is 2. The van der Waals surface area contributed by atoms with Crippen LogP contribution in [0.25, 0.3) is 82.4 Å². The fourth-order valence-electron chi connectivity index (χ4n) is 6.51. The summed E-state index contributed by atoms with van der Waals surface area (Å²) in [5.74, 6) is -0.254. The lowest BCUT2D eigenvalue weighted by molar-refractivity contribution is 0.635. The molecule has 3 aromatic heterocycles. The number of hydrogen-bond acceptors (Lipinski definition) is 1. The molecule has 0 bridgehead atoms. The number of aromatic nitrogens is 2. The van der Waals surface area contributed by atoms with Gasteiger partial charge in [0.25, 0.3) is 0 Å². The van der Waals surface area contributed by atoms with Crippen LogP contribution in [0.4, 0.5) is 4.39 Å². The van der Waals surface area contributed by atoms with Gasteiger partial charge in [-0.25, -0.2) is 4.39 Å². The summed E-state index contributed by atoms with van der Waals surface area (Å²) in [7, 11) is 0. The summed E-state index contributed by atoms with van der Waals surface area (Å²) in [5, 5.41) is 6.20. The van der Waals surface area contributed by atoms with Gasteiger partial charge >= 0.3 is 0 Å². The van der Waals surface area contributed by atoms with Crippen molar-refractivity contribution in [2.75, 3.05) is 0 Å². The average Bonchev–Trinajstić information content (AvgIpc) is 3.66. The highest BCUT2D eigenvalue weighted by Crippen LogP contribution is 2.43. The monoisotopic (exact) mass is 594 g/mol. The SMILES string of the molecule is Fc1cccc2c3ccccc3n(-c3cc4c(cc3-c3cccc5c3[nH]c3ccc(Br)cc35)oc3ccccc34)c12. The Morgan fingerprint density at radius 1 is 0.610 bits per heavy atom. The van der Waals surface area contributed by atoms with Crippen LogP contribution in [0.5, 0.6) is 0 Å². The van der Waals surface area contributed by atoms with Crippen LogP contribution in [0.2, 0.25) is 0 Å². The van der Waals surface area contributed by atoms with Gasteiger partial charge in [0.05, 0.1) is 22.2 Å². The predicted molar refractivity (Wildman–Crippen MR) is 171 cm³/mol. The van der Waals surface area contributed by atoms with Gasteiger partial charge in [0.2, 0.25) is 0 Å². The van der Waals surface area contributed by atoms with Crippen molar-refractivity contribution in [3.63, 3.8) is 0 Å². The number of benzene rings is 6. The summed E-state index contributed by atoms with van der Waals surface area (Å²) in [6.45, 7) is 0. The molecule has 0 saturated heterocycles. The van der Waals surface area contributed by atoms with E-state index in [1.54, 1.807) is 12.1 Å². The second-order valence-electron chi connectivity index (χ2n) is 10.5. The third-order valence-corrected chi connectivity index (χ3v) is 8.76. The molecule has 0 atom stereocenters. The number of fused-ring (bicyclic) bond motifs is 9. The average molecular weight is 595 g/mol. The zero-order valence-corrected chi connectivity index (χ0v) is 23.2. The van der Waals surface area contributed by atoms with Crippen LogP contribution in [0.3, 0.4) is 0 Å². The summed E-state index contributed by atoms with van der Waals surface area (Å²) in [6.07, 6.45) is 0. The van der Waals surface area contributed by atoms with Gasteiger partial charge in [-0.1, -0.05) is 82.7 Å². The van der Waals surface area contributed by atoms with Crippen LogP contribution in [0.15, 0.2) is 124 Å². The van der Waals surface area contributed by atoms with Crippen LogP contribution in [-0.4, -0.2) is 9.55 Å². The smallest absolute Gasteiger partial charge is 0.147 e. The minimum atomic E-state index is -0.254. The molecule has 0 radical (unpaired) electrons. The van der Waals surface area contributed by atoms with Crippen LogP contribution in [0.1, 0.15) is 0 Å². The number of furan rings is 1. The molecule has 1 N–H and O–H groups in total. The van der Waals surface area contributed by atoms with E-state index >= 15 is 4.39 Å². The number of para-hydroxylation sites is 4. The fraction of sp³-hybridized carbons (Fsp3) is 0. The van der Waals surface area contributed by atoms with Gasteiger partial charge < -0.3 is 14.0 Å². The van der Waals surface area contributed by atoms with Gasteiger partial charge in [0.15, 0.2) is 0 Å². The summed E-state index contributed by atoms with van der Waals surface area (Å²) in [5.41, 5.74) is 8.10. The molecular weight excluding hydrogens is 575 g/mol. The van der Waals surface area contributed by atoms with Crippen LogP contribution in [-0.2, 0) is 0 Å². The Kier molecular flexibility index (Phi) is 4.65. The number of H-pyrrole nitrogens is 1. The predicted octanol–water partition coefficient (Wildman–Crippen LogP) is 10.9. The number of halogens is 2. The zero-order chi connectivity index (χ0) is 27.2. The largest absolute Gasteiger partial charge is 0.456 e. The molecule has 0 saturated carbocycles. The van der Waals surface area contributed by atoms with Crippen molar-refractivity contribution in [2.24, 2.45) is 0 Å². The molecule has 9 aromatic rings. The molecule has 0 fully saturated rings. The summed E-state index contributed by atoms with van der Waals surface area (Å²) in [6, 6.07) is 38.5. The number of aromatic amines is 1. The van der Waals surface area contributed by atoms with Gasteiger partial charge in [0, 0.05) is 53.4 Å². The first-order valence-corrected chi connectivity index (χ1v) is 14.3. The van der Waals surface area contributed by atoms with Crippen molar-refractivity contribution < 1.29 is 8.81 Å². The summed E-state index contributed by atoms with van der Waals surface area (Å²) < 4.78 is 25.3. The number of nitrogens with one attached hydrogen (secondary N) is 1. The van der Waals surface area contributed by atoms with Crippen LogP contribution in [0, 0.1) is 5.82 Å². The molecule has 0 amide bonds. The second-order valence-corrected chi connectivity index (χ2v) is 11.4. The van der Waals surface area contributed by atoms with E-state index in [2.05, 4.69) is 86.1 Å². The number of hydrogen-bond donors (Lipinski definition) is 1. The standard InChI is InChI=1S/C36H20BrFN2O/c37-20-15-16-30-26(17-20)23-9-5-10-24(35(23)39-30)27-19-34-28(22-8-2-4-14-33(22)41-34)18-32(27)40-31-13-3-1-7-21(31)25-11-6-12-29(38)36(25)40/h1-19,39H. The lowest BCUT2D eigenvalue weighted by atomic mass is 9.98. The van der Waals surface area contributed by atoms with E-state index in [-0.39, 0.29) is 5.82 Å². The Hall–Kier alpha value is -4.87. The van der Waals surface area contributed by atoms with Gasteiger partial charge in [-0.05, 0) is 48.5 Å². The third-order valence-electron chi connectivity index (χ3n) is 8.27. The molecule has 0 unspecified atom stereocenters. The first-order chi connectivity index (χ1) is 20.2.